The Morgan fingerprint density at radius 3 is 1.71 bits per heavy atom. The smallest absolute Gasteiger partial charge is 0.416 e. The number of hydrogen-bond donors (Lipinski definition) is 0. The van der Waals surface area contributed by atoms with Gasteiger partial charge >= 0.3 is 11.8 Å². The molecule has 0 radical (unpaired) electrons. The minimum atomic E-state index is -4.68. The second kappa shape index (κ2) is 11.3. The Balaban J connectivity index is 0.000000206. The number of alkyl halides is 3. The Morgan fingerprint density at radius 1 is 0.684 bits per heavy atom. The lowest BCUT2D eigenvalue weighted by Crippen LogP contribution is -2.05. The molecule has 5 nitrogen and oxygen atoms in total. The third-order valence-electron chi connectivity index (χ3n) is 5.26. The highest BCUT2D eigenvalue weighted by Crippen LogP contribution is 2.32. The molecule has 0 unspecified atom stereocenters. The van der Waals surface area contributed by atoms with E-state index in [1.165, 1.54) is 15.9 Å². The maximum atomic E-state index is 12.0. The summed E-state index contributed by atoms with van der Waals surface area (Å²) in [6.45, 7) is 0. The summed E-state index contributed by atoms with van der Waals surface area (Å²) in [6, 6.07) is 32.6. The van der Waals surface area contributed by atoms with Crippen LogP contribution in [0.15, 0.2) is 144 Å². The first-order chi connectivity index (χ1) is 18.0. The van der Waals surface area contributed by atoms with Crippen molar-refractivity contribution < 1.29 is 30.6 Å². The number of halogens is 3. The Morgan fingerprint density at radius 2 is 1.21 bits per heavy atom. The second-order valence-corrected chi connectivity index (χ2v) is 11.3. The topological polar surface area (TPSA) is 87.4 Å². The average Bonchev–Trinajstić information content (AvgIpc) is 2.89. The summed E-state index contributed by atoms with van der Waals surface area (Å²) in [4.78, 5) is 14.5. The molecule has 0 amide bonds. The Bertz CT molecular complexity index is 1650. The van der Waals surface area contributed by atoms with Gasteiger partial charge in [-0.05, 0) is 66.7 Å². The van der Waals surface area contributed by atoms with Gasteiger partial charge in [0.2, 0.25) is 0 Å². The van der Waals surface area contributed by atoms with Gasteiger partial charge in [-0.1, -0.05) is 36.4 Å². The largest absolute Gasteiger partial charge is 0.744 e. The molecular formula is C28H19F3O5S2. The van der Waals surface area contributed by atoms with Crippen LogP contribution in [-0.4, -0.2) is 13.0 Å². The highest BCUT2D eigenvalue weighted by atomic mass is 32.2. The first-order valence-electron chi connectivity index (χ1n) is 11.0. The molecule has 5 rings (SSSR count). The first kappa shape index (κ1) is 27.2. The van der Waals surface area contributed by atoms with Crippen molar-refractivity contribution in [3.05, 3.63) is 131 Å². The first-order valence-corrected chi connectivity index (χ1v) is 13.7. The van der Waals surface area contributed by atoms with Crippen molar-refractivity contribution in [2.45, 2.75) is 25.8 Å². The van der Waals surface area contributed by atoms with Crippen LogP contribution in [0.2, 0.25) is 0 Å². The Hall–Kier alpha value is -3.86. The fourth-order valence-electron chi connectivity index (χ4n) is 3.50. The van der Waals surface area contributed by atoms with E-state index in [1.54, 1.807) is 6.07 Å². The van der Waals surface area contributed by atoms with Gasteiger partial charge in [0.25, 0.3) is 0 Å². The molecule has 0 spiro atoms. The molecule has 0 aliphatic heterocycles. The summed E-state index contributed by atoms with van der Waals surface area (Å²) in [6.07, 6.45) is -4.54. The molecule has 0 fully saturated rings. The van der Waals surface area contributed by atoms with E-state index >= 15 is 0 Å². The van der Waals surface area contributed by atoms with Crippen LogP contribution in [0, 0.1) is 0 Å². The monoisotopic (exact) mass is 556 g/mol. The zero-order valence-corrected chi connectivity index (χ0v) is 21.1. The van der Waals surface area contributed by atoms with Crippen LogP contribution in [0.1, 0.15) is 5.56 Å². The van der Waals surface area contributed by atoms with Crippen molar-refractivity contribution in [3.8, 4) is 0 Å². The van der Waals surface area contributed by atoms with Gasteiger partial charge in [0, 0.05) is 17.5 Å². The van der Waals surface area contributed by atoms with E-state index in [4.69, 9.17) is 4.42 Å². The molecule has 5 aromatic rings. The quantitative estimate of drug-likeness (QED) is 0.143. The van der Waals surface area contributed by atoms with Gasteiger partial charge in [0.1, 0.15) is 15.7 Å². The van der Waals surface area contributed by atoms with Crippen LogP contribution in [-0.2, 0) is 27.2 Å². The molecule has 10 heteroatoms. The van der Waals surface area contributed by atoms with Crippen molar-refractivity contribution in [1.29, 1.82) is 0 Å². The van der Waals surface area contributed by atoms with Crippen LogP contribution in [0.4, 0.5) is 13.2 Å². The molecule has 1 aromatic heterocycles. The summed E-state index contributed by atoms with van der Waals surface area (Å²) in [7, 11) is -4.92. The lowest BCUT2D eigenvalue weighted by Gasteiger charge is -2.09. The Kier molecular flexibility index (Phi) is 8.05. The fraction of sp³-hybridized carbons (Fsp3) is 0.0357. The minimum absolute atomic E-state index is 0.239. The van der Waals surface area contributed by atoms with Crippen LogP contribution < -0.4 is 5.63 Å². The van der Waals surface area contributed by atoms with Crippen molar-refractivity contribution >= 4 is 32.0 Å². The molecule has 0 N–H and O–H groups in total. The van der Waals surface area contributed by atoms with Crippen molar-refractivity contribution in [2.75, 3.05) is 0 Å². The maximum Gasteiger partial charge on any atom is 0.416 e. The molecular weight excluding hydrogens is 537 g/mol. The molecule has 0 atom stereocenters. The van der Waals surface area contributed by atoms with Gasteiger partial charge in [-0.15, -0.1) is 0 Å². The highest BCUT2D eigenvalue weighted by molar-refractivity contribution is 7.97. The molecule has 0 saturated heterocycles. The second-order valence-electron chi connectivity index (χ2n) is 7.86. The number of fused-ring (bicyclic) bond motifs is 1. The Labute approximate surface area is 219 Å². The van der Waals surface area contributed by atoms with Crippen molar-refractivity contribution in [1.82, 2.24) is 0 Å². The predicted octanol–water partition coefficient (Wildman–Crippen LogP) is 6.50. The SMILES string of the molecule is O=S(=O)([O-])c1ccc(C(F)(F)F)cc1.O=c1ccc2ccc([S+](c3ccccc3)c3ccccc3)cc2o1. The van der Waals surface area contributed by atoms with E-state index in [2.05, 4.69) is 54.6 Å². The summed E-state index contributed by atoms with van der Waals surface area (Å²) in [5.41, 5.74) is -0.687. The third kappa shape index (κ3) is 6.71. The van der Waals surface area contributed by atoms with Gasteiger partial charge in [-0.25, -0.2) is 13.2 Å². The normalized spacial score (nSPS) is 11.7. The van der Waals surface area contributed by atoms with E-state index in [0.29, 0.717) is 29.8 Å². The molecule has 1 heterocycles. The number of rotatable bonds is 4. The molecule has 0 saturated carbocycles. The van der Waals surface area contributed by atoms with Gasteiger partial charge in [-0.3, -0.25) is 0 Å². The summed E-state index contributed by atoms with van der Waals surface area (Å²) in [5.74, 6) is 0. The van der Waals surface area contributed by atoms with E-state index in [1.807, 2.05) is 24.3 Å². The van der Waals surface area contributed by atoms with Crippen LogP contribution in [0.5, 0.6) is 0 Å². The van der Waals surface area contributed by atoms with Crippen molar-refractivity contribution in [2.24, 2.45) is 0 Å². The van der Waals surface area contributed by atoms with Crippen LogP contribution in [0.3, 0.4) is 0 Å². The van der Waals surface area contributed by atoms with Crippen LogP contribution >= 0.6 is 0 Å². The standard InChI is InChI=1S/C21H15O2S.C7H5F3O3S/c22-21-14-12-16-11-13-19(15-20(16)23-21)24(17-7-3-1-4-8-17)18-9-5-2-6-10-18;8-7(9,10)5-1-3-6(4-2-5)14(11,12)13/h1-15H;1-4H,(H,11,12,13)/q+1;/p-1. The van der Waals surface area contributed by atoms with Crippen LogP contribution in [0.25, 0.3) is 11.0 Å². The highest BCUT2D eigenvalue weighted by Gasteiger charge is 2.30. The molecule has 0 aliphatic carbocycles. The summed E-state index contributed by atoms with van der Waals surface area (Å²) >= 11 is 0. The molecule has 38 heavy (non-hydrogen) atoms. The van der Waals surface area contributed by atoms with E-state index in [-0.39, 0.29) is 16.5 Å². The summed E-state index contributed by atoms with van der Waals surface area (Å²) < 4.78 is 72.4. The lowest BCUT2D eigenvalue weighted by atomic mass is 10.2. The maximum absolute atomic E-state index is 12.0. The van der Waals surface area contributed by atoms with E-state index in [0.717, 1.165) is 10.3 Å². The van der Waals surface area contributed by atoms with Gasteiger partial charge < -0.3 is 8.97 Å². The molecule has 4 aromatic carbocycles. The van der Waals surface area contributed by atoms with E-state index in [9.17, 15) is 30.9 Å². The zero-order chi connectivity index (χ0) is 27.3. The van der Waals surface area contributed by atoms with Gasteiger partial charge in [0.05, 0.1) is 21.4 Å². The lowest BCUT2D eigenvalue weighted by molar-refractivity contribution is -0.137. The van der Waals surface area contributed by atoms with Gasteiger partial charge in [-0.2, -0.15) is 13.2 Å². The average molecular weight is 557 g/mol. The fourth-order valence-corrected chi connectivity index (χ4v) is 6.07. The molecule has 194 valence electrons. The number of benzene rings is 4. The summed E-state index contributed by atoms with van der Waals surface area (Å²) in [5, 5.41) is 0.933. The van der Waals surface area contributed by atoms with E-state index < -0.39 is 26.8 Å². The molecule has 0 aliphatic rings. The molecule has 0 bridgehead atoms. The van der Waals surface area contributed by atoms with Crippen molar-refractivity contribution in [3.63, 3.8) is 0 Å². The minimum Gasteiger partial charge on any atom is -0.744 e. The predicted molar refractivity (Wildman–Crippen MR) is 137 cm³/mol. The number of hydrogen-bond acceptors (Lipinski definition) is 5. The van der Waals surface area contributed by atoms with Gasteiger partial charge in [0.15, 0.2) is 14.7 Å². The zero-order valence-electron chi connectivity index (χ0n) is 19.5. The third-order valence-corrected chi connectivity index (χ3v) is 8.32.